The molecule has 1 radical (unpaired) electrons. The summed E-state index contributed by atoms with van der Waals surface area (Å²) in [5, 5.41) is 0. The summed E-state index contributed by atoms with van der Waals surface area (Å²) in [5.74, 6) is 0. The maximum atomic E-state index is 2.48. The van der Waals surface area contributed by atoms with Gasteiger partial charge in [0.1, 0.15) is 0 Å². The van der Waals surface area contributed by atoms with Gasteiger partial charge in [-0.1, -0.05) is 104 Å². The highest BCUT2D eigenvalue weighted by Gasteiger charge is 2.31. The molecule has 163 valence electrons. The molecule has 0 saturated carbocycles. The van der Waals surface area contributed by atoms with Gasteiger partial charge < -0.3 is 0 Å². The Morgan fingerprint density at radius 3 is 1.77 bits per heavy atom. The van der Waals surface area contributed by atoms with E-state index in [2.05, 4.69) is 112 Å². The molecule has 0 spiro atoms. The van der Waals surface area contributed by atoms with Gasteiger partial charge >= 0.3 is 0 Å². The predicted octanol–water partition coefficient (Wildman–Crippen LogP) is 9.01. The number of benzene rings is 2. The molecule has 0 fully saturated rings. The molecular formula is C31H39. The van der Waals surface area contributed by atoms with Crippen molar-refractivity contribution in [1.29, 1.82) is 0 Å². The van der Waals surface area contributed by atoms with Gasteiger partial charge in [0.2, 0.25) is 0 Å². The lowest BCUT2D eigenvalue weighted by Gasteiger charge is -2.25. The van der Waals surface area contributed by atoms with E-state index in [1.807, 2.05) is 0 Å². The Kier molecular flexibility index (Phi) is 4.97. The molecule has 2 aromatic rings. The minimum absolute atomic E-state index is 0.113. The van der Waals surface area contributed by atoms with Crippen LogP contribution in [-0.4, -0.2) is 0 Å². The zero-order chi connectivity index (χ0) is 22.9. The minimum atomic E-state index is 0.113. The molecule has 31 heavy (non-hydrogen) atoms. The van der Waals surface area contributed by atoms with E-state index in [9.17, 15) is 0 Å². The van der Waals surface area contributed by atoms with Crippen molar-refractivity contribution in [1.82, 2.24) is 0 Å². The molecule has 0 unspecified atom stereocenters. The summed E-state index contributed by atoms with van der Waals surface area (Å²) in [6.45, 7) is 23.2. The van der Waals surface area contributed by atoms with Gasteiger partial charge in [-0.25, -0.2) is 0 Å². The molecule has 0 heteroatoms. The molecular weight excluding hydrogens is 372 g/mol. The third-order valence-electron chi connectivity index (χ3n) is 7.08. The average molecular weight is 412 g/mol. The van der Waals surface area contributed by atoms with Gasteiger partial charge in [0, 0.05) is 6.42 Å². The topological polar surface area (TPSA) is 0 Å². The molecule has 0 N–H and O–H groups in total. The van der Waals surface area contributed by atoms with Crippen molar-refractivity contribution in [3.8, 4) is 11.1 Å². The van der Waals surface area contributed by atoms with E-state index in [1.165, 1.54) is 50.1 Å². The van der Waals surface area contributed by atoms with E-state index >= 15 is 0 Å². The zero-order valence-electron chi connectivity index (χ0n) is 21.2. The molecule has 0 nitrogen and oxygen atoms in total. The standard InChI is InChI=1S/C31H39/c1-19-13-22(30(5,6)7)16-24(19)27-17-23(31(8,9)10)18-28-25-15-21(29(2,3)4)12-11-20(25)14-26(27)28/h11-15,17-18H,16H2,1-10H3. The molecule has 0 saturated heterocycles. The van der Waals surface area contributed by atoms with E-state index in [-0.39, 0.29) is 16.2 Å². The van der Waals surface area contributed by atoms with Gasteiger partial charge in [-0.15, -0.1) is 0 Å². The van der Waals surface area contributed by atoms with Gasteiger partial charge in [-0.2, -0.15) is 0 Å². The molecule has 0 aromatic heterocycles. The molecule has 2 aliphatic carbocycles. The van der Waals surface area contributed by atoms with Crippen LogP contribution >= 0.6 is 0 Å². The van der Waals surface area contributed by atoms with Gasteiger partial charge in [-0.05, 0) is 79.7 Å². The second-order valence-electron chi connectivity index (χ2n) is 12.7. The van der Waals surface area contributed by atoms with E-state index in [1.54, 1.807) is 5.57 Å². The van der Waals surface area contributed by atoms with E-state index < -0.39 is 0 Å². The zero-order valence-corrected chi connectivity index (χ0v) is 21.2. The van der Waals surface area contributed by atoms with Crippen molar-refractivity contribution in [2.45, 2.75) is 86.5 Å². The Labute approximate surface area is 190 Å². The molecule has 4 rings (SSSR count). The third kappa shape index (κ3) is 3.95. The Bertz CT molecular complexity index is 1110. The number of hydrogen-bond donors (Lipinski definition) is 0. The van der Waals surface area contributed by atoms with E-state index in [0.29, 0.717) is 0 Å². The maximum Gasteiger partial charge on any atom is 0.0218 e. The first-order valence-electron chi connectivity index (χ1n) is 11.8. The van der Waals surface area contributed by atoms with Crippen molar-refractivity contribution in [3.63, 3.8) is 0 Å². The maximum absolute atomic E-state index is 2.48. The number of fused-ring (bicyclic) bond motifs is 3. The third-order valence-corrected chi connectivity index (χ3v) is 7.08. The molecule has 2 aliphatic rings. The molecule has 0 heterocycles. The van der Waals surface area contributed by atoms with Crippen LogP contribution in [0.15, 0.2) is 47.6 Å². The fraction of sp³-hybridized carbons (Fsp3) is 0.452. The van der Waals surface area contributed by atoms with Crippen LogP contribution < -0.4 is 0 Å². The molecule has 2 aromatic carbocycles. The first kappa shape index (κ1) is 22.1. The molecule has 0 amide bonds. The first-order valence-corrected chi connectivity index (χ1v) is 11.8. The smallest absolute Gasteiger partial charge is 0.0218 e. The Balaban J connectivity index is 1.91. The monoisotopic (exact) mass is 411 g/mol. The summed E-state index contributed by atoms with van der Waals surface area (Å²) >= 11 is 0. The lowest BCUT2D eigenvalue weighted by atomic mass is 9.80. The second-order valence-corrected chi connectivity index (χ2v) is 12.7. The van der Waals surface area contributed by atoms with Gasteiger partial charge in [0.15, 0.2) is 0 Å². The van der Waals surface area contributed by atoms with Crippen molar-refractivity contribution in [2.24, 2.45) is 5.41 Å². The largest absolute Gasteiger partial charge is 0.0601 e. The van der Waals surface area contributed by atoms with Crippen molar-refractivity contribution in [3.05, 3.63) is 81.8 Å². The summed E-state index contributed by atoms with van der Waals surface area (Å²) in [6, 6.07) is 12.0. The van der Waals surface area contributed by atoms with E-state index in [0.717, 1.165) is 6.42 Å². The predicted molar refractivity (Wildman–Crippen MR) is 137 cm³/mol. The second kappa shape index (κ2) is 6.96. The minimum Gasteiger partial charge on any atom is -0.0601 e. The summed E-state index contributed by atoms with van der Waals surface area (Å²) in [5.41, 5.74) is 14.8. The Morgan fingerprint density at radius 2 is 1.23 bits per heavy atom. The highest BCUT2D eigenvalue weighted by molar-refractivity contribution is 5.90. The molecule has 0 bridgehead atoms. The van der Waals surface area contributed by atoms with Crippen LogP contribution in [-0.2, 0) is 10.8 Å². The average Bonchev–Trinajstić information content (AvgIpc) is 3.19. The quantitative estimate of drug-likeness (QED) is 0.375. The van der Waals surface area contributed by atoms with Crippen LogP contribution in [0.2, 0.25) is 0 Å². The normalized spacial score (nSPS) is 16.5. The summed E-state index contributed by atoms with van der Waals surface area (Å²) in [4.78, 5) is 0. The summed E-state index contributed by atoms with van der Waals surface area (Å²) < 4.78 is 0. The van der Waals surface area contributed by atoms with Crippen LogP contribution in [0.4, 0.5) is 0 Å². The van der Waals surface area contributed by atoms with Gasteiger partial charge in [0.05, 0.1) is 0 Å². The van der Waals surface area contributed by atoms with Gasteiger partial charge in [0.25, 0.3) is 0 Å². The molecule has 0 aliphatic heterocycles. The highest BCUT2D eigenvalue weighted by atomic mass is 14.3. The number of allylic oxidation sites excluding steroid dienone is 4. The fourth-order valence-electron chi connectivity index (χ4n) is 4.77. The first-order chi connectivity index (χ1) is 14.2. The van der Waals surface area contributed by atoms with Crippen LogP contribution in [0.3, 0.4) is 0 Å². The fourth-order valence-corrected chi connectivity index (χ4v) is 4.77. The SMILES string of the molecule is CC1=C(c2cc(C(C)(C)C)cc3c2[CH]c2ccc(C(C)(C)C)cc2-3)CC(C(C)(C)C)=C1. The van der Waals surface area contributed by atoms with Crippen molar-refractivity contribution >= 4 is 5.57 Å². The van der Waals surface area contributed by atoms with Crippen LogP contribution in [0.25, 0.3) is 16.7 Å². The van der Waals surface area contributed by atoms with Crippen LogP contribution in [0.5, 0.6) is 0 Å². The van der Waals surface area contributed by atoms with Crippen molar-refractivity contribution < 1.29 is 0 Å². The lowest BCUT2D eigenvalue weighted by molar-refractivity contribution is 0.497. The Hall–Kier alpha value is -2.08. The number of rotatable bonds is 1. The summed E-state index contributed by atoms with van der Waals surface area (Å²) in [7, 11) is 0. The Morgan fingerprint density at radius 1 is 0.645 bits per heavy atom. The summed E-state index contributed by atoms with van der Waals surface area (Å²) in [6.07, 6.45) is 5.92. The van der Waals surface area contributed by atoms with Crippen LogP contribution in [0, 0.1) is 11.8 Å². The van der Waals surface area contributed by atoms with Crippen molar-refractivity contribution in [2.75, 3.05) is 0 Å². The van der Waals surface area contributed by atoms with Gasteiger partial charge in [-0.3, -0.25) is 0 Å². The van der Waals surface area contributed by atoms with Crippen LogP contribution in [0.1, 0.15) is 103 Å². The molecule has 0 atom stereocenters. The van der Waals surface area contributed by atoms with E-state index in [4.69, 9.17) is 0 Å². The lowest BCUT2D eigenvalue weighted by Crippen LogP contribution is -2.13. The number of hydrogen-bond acceptors (Lipinski definition) is 0. The highest BCUT2D eigenvalue weighted by Crippen LogP contribution is 2.49.